The van der Waals surface area contributed by atoms with E-state index in [0.717, 1.165) is 11.3 Å². The Kier molecular flexibility index (Phi) is 7.02. The first-order chi connectivity index (χ1) is 14.0. The van der Waals surface area contributed by atoms with E-state index >= 15 is 0 Å². The molecule has 2 amide bonds. The molecule has 150 valence electrons. The monoisotopic (exact) mass is 412 g/mol. The van der Waals surface area contributed by atoms with Crippen LogP contribution < -0.4 is 10.6 Å². The predicted molar refractivity (Wildman–Crippen MR) is 112 cm³/mol. The second kappa shape index (κ2) is 9.88. The van der Waals surface area contributed by atoms with Gasteiger partial charge in [-0.1, -0.05) is 12.1 Å². The lowest BCUT2D eigenvalue weighted by Gasteiger charge is -2.15. The highest BCUT2D eigenvalue weighted by molar-refractivity contribution is 8.00. The Labute approximate surface area is 172 Å². The van der Waals surface area contributed by atoms with E-state index in [2.05, 4.69) is 15.6 Å². The maximum atomic E-state index is 12.9. The van der Waals surface area contributed by atoms with Crippen LogP contribution >= 0.6 is 11.8 Å². The molecule has 8 heteroatoms. The Hall–Kier alpha value is -3.13. The summed E-state index contributed by atoms with van der Waals surface area (Å²) in [6.07, 6.45) is 5.31. The number of carbonyl (C=O) groups excluding carboxylic acids is 2. The van der Waals surface area contributed by atoms with Gasteiger partial charge < -0.3 is 15.2 Å². The molecule has 1 atom stereocenters. The van der Waals surface area contributed by atoms with E-state index in [1.807, 2.05) is 42.0 Å². The Bertz CT molecular complexity index is 944. The molecule has 0 unspecified atom stereocenters. The first kappa shape index (κ1) is 20.6. The molecule has 0 spiro atoms. The third-order valence-electron chi connectivity index (χ3n) is 4.17. The molecule has 2 N–H and O–H groups in total. The number of benzene rings is 2. The van der Waals surface area contributed by atoms with Crippen LogP contribution in [0.15, 0.2) is 67.3 Å². The van der Waals surface area contributed by atoms with Gasteiger partial charge in [-0.15, -0.1) is 11.8 Å². The van der Waals surface area contributed by atoms with E-state index in [4.69, 9.17) is 0 Å². The predicted octanol–water partition coefficient (Wildman–Crippen LogP) is 3.56. The van der Waals surface area contributed by atoms with Gasteiger partial charge in [0.15, 0.2) is 0 Å². The molecule has 0 aliphatic carbocycles. The average Bonchev–Trinajstić information content (AvgIpc) is 3.25. The van der Waals surface area contributed by atoms with Gasteiger partial charge in [0, 0.05) is 23.8 Å². The summed E-state index contributed by atoms with van der Waals surface area (Å²) in [7, 11) is 0. The number of halogens is 1. The van der Waals surface area contributed by atoms with Gasteiger partial charge in [0.05, 0.1) is 23.9 Å². The highest BCUT2D eigenvalue weighted by atomic mass is 32.2. The smallest absolute Gasteiger partial charge is 0.234 e. The molecule has 0 saturated heterocycles. The number of imidazole rings is 1. The van der Waals surface area contributed by atoms with Gasteiger partial charge in [-0.2, -0.15) is 0 Å². The van der Waals surface area contributed by atoms with Crippen LogP contribution in [0.25, 0.3) is 5.69 Å². The summed E-state index contributed by atoms with van der Waals surface area (Å²) in [6.45, 7) is 1.91. The molecule has 0 bridgehead atoms. The summed E-state index contributed by atoms with van der Waals surface area (Å²) < 4.78 is 14.8. The lowest BCUT2D eigenvalue weighted by atomic mass is 10.1. The molecule has 0 aliphatic rings. The summed E-state index contributed by atoms with van der Waals surface area (Å²) in [4.78, 5) is 28.1. The largest absolute Gasteiger partial charge is 0.349 e. The summed E-state index contributed by atoms with van der Waals surface area (Å²) in [5, 5.41) is 5.59. The second-order valence-corrected chi connectivity index (χ2v) is 7.38. The number of amides is 2. The number of hydrogen-bond acceptors (Lipinski definition) is 4. The van der Waals surface area contributed by atoms with Gasteiger partial charge in [0.1, 0.15) is 5.82 Å². The normalized spacial score (nSPS) is 11.7. The minimum atomic E-state index is -0.362. The number of hydrogen-bond donors (Lipinski definition) is 2. The van der Waals surface area contributed by atoms with Crippen LogP contribution in [0, 0.1) is 5.82 Å². The topological polar surface area (TPSA) is 76.0 Å². The fourth-order valence-corrected chi connectivity index (χ4v) is 3.31. The Morgan fingerprint density at radius 1 is 1.07 bits per heavy atom. The zero-order chi connectivity index (χ0) is 20.6. The van der Waals surface area contributed by atoms with Gasteiger partial charge in [-0.05, 0) is 48.9 Å². The van der Waals surface area contributed by atoms with Crippen LogP contribution in [0.2, 0.25) is 0 Å². The van der Waals surface area contributed by atoms with Crippen LogP contribution in [-0.4, -0.2) is 32.9 Å². The first-order valence-corrected chi connectivity index (χ1v) is 10.2. The van der Waals surface area contributed by atoms with Crippen LogP contribution in [0.4, 0.5) is 10.1 Å². The minimum Gasteiger partial charge on any atom is -0.349 e. The molecule has 29 heavy (non-hydrogen) atoms. The van der Waals surface area contributed by atoms with Crippen LogP contribution in [0.5, 0.6) is 0 Å². The highest BCUT2D eigenvalue weighted by Gasteiger charge is 2.11. The van der Waals surface area contributed by atoms with Crippen molar-refractivity contribution >= 4 is 29.3 Å². The third-order valence-corrected chi connectivity index (χ3v) is 5.10. The SMILES string of the molecule is C[C@@H](NC(=O)CSCC(=O)Nc1ccc(F)cc1)c1ccc(-n2ccnc2)cc1. The van der Waals surface area contributed by atoms with Crippen molar-refractivity contribution in [2.45, 2.75) is 13.0 Å². The van der Waals surface area contributed by atoms with Crippen molar-refractivity contribution in [2.75, 3.05) is 16.8 Å². The summed E-state index contributed by atoms with van der Waals surface area (Å²) >= 11 is 1.22. The summed E-state index contributed by atoms with van der Waals surface area (Å²) in [5.74, 6) is -0.430. The molecule has 0 fully saturated rings. The quantitative estimate of drug-likeness (QED) is 0.593. The number of carbonyl (C=O) groups is 2. The molecule has 0 saturated carbocycles. The fraction of sp³-hybridized carbons (Fsp3) is 0.190. The second-order valence-electron chi connectivity index (χ2n) is 6.40. The van der Waals surface area contributed by atoms with Crippen LogP contribution in [-0.2, 0) is 9.59 Å². The highest BCUT2D eigenvalue weighted by Crippen LogP contribution is 2.16. The van der Waals surface area contributed by atoms with E-state index in [1.54, 1.807) is 12.5 Å². The fourth-order valence-electron chi connectivity index (χ4n) is 2.68. The van der Waals surface area contributed by atoms with Crippen molar-refractivity contribution in [2.24, 2.45) is 0 Å². The van der Waals surface area contributed by atoms with E-state index in [9.17, 15) is 14.0 Å². The number of thioether (sulfide) groups is 1. The molecule has 1 aromatic heterocycles. The van der Waals surface area contributed by atoms with Crippen molar-refractivity contribution in [3.63, 3.8) is 0 Å². The maximum Gasteiger partial charge on any atom is 0.234 e. The molecule has 0 aliphatic heterocycles. The standard InChI is InChI=1S/C21H21FN4O2S/c1-15(16-2-8-19(9-3-16)26-11-10-23-14-26)24-20(27)12-29-13-21(28)25-18-6-4-17(22)5-7-18/h2-11,14-15H,12-13H2,1H3,(H,24,27)(H,25,28)/t15-/m1/s1. The Morgan fingerprint density at radius 3 is 2.41 bits per heavy atom. The van der Waals surface area contributed by atoms with Gasteiger partial charge in [-0.3, -0.25) is 9.59 Å². The lowest BCUT2D eigenvalue weighted by molar-refractivity contribution is -0.119. The van der Waals surface area contributed by atoms with E-state index in [-0.39, 0.29) is 35.2 Å². The molecule has 3 rings (SSSR count). The van der Waals surface area contributed by atoms with Crippen LogP contribution in [0.3, 0.4) is 0 Å². The van der Waals surface area contributed by atoms with E-state index in [1.165, 1.54) is 36.0 Å². The average molecular weight is 412 g/mol. The molecule has 0 radical (unpaired) electrons. The molecular formula is C21H21FN4O2S. The van der Waals surface area contributed by atoms with Crippen molar-refractivity contribution < 1.29 is 14.0 Å². The van der Waals surface area contributed by atoms with Gasteiger partial charge in [0.2, 0.25) is 11.8 Å². The molecular weight excluding hydrogens is 391 g/mol. The van der Waals surface area contributed by atoms with Crippen molar-refractivity contribution in [1.29, 1.82) is 0 Å². The minimum absolute atomic E-state index is 0.138. The number of nitrogens with zero attached hydrogens (tertiary/aromatic N) is 2. The molecule has 2 aromatic carbocycles. The summed E-state index contributed by atoms with van der Waals surface area (Å²) in [6, 6.07) is 13.2. The zero-order valence-electron chi connectivity index (χ0n) is 15.8. The van der Waals surface area contributed by atoms with Gasteiger partial charge >= 0.3 is 0 Å². The third kappa shape index (κ3) is 6.18. The van der Waals surface area contributed by atoms with Gasteiger partial charge in [-0.25, -0.2) is 9.37 Å². The summed E-state index contributed by atoms with van der Waals surface area (Å²) in [5.41, 5.74) is 2.50. The Morgan fingerprint density at radius 2 is 1.76 bits per heavy atom. The Balaban J connectivity index is 1.40. The first-order valence-electron chi connectivity index (χ1n) is 9.02. The van der Waals surface area contributed by atoms with Crippen molar-refractivity contribution in [3.8, 4) is 5.69 Å². The van der Waals surface area contributed by atoms with E-state index < -0.39 is 0 Å². The number of aromatic nitrogens is 2. The van der Waals surface area contributed by atoms with Crippen LogP contribution in [0.1, 0.15) is 18.5 Å². The number of anilines is 1. The number of rotatable bonds is 8. The van der Waals surface area contributed by atoms with E-state index in [0.29, 0.717) is 5.69 Å². The zero-order valence-corrected chi connectivity index (χ0v) is 16.7. The molecule has 6 nitrogen and oxygen atoms in total. The molecule has 3 aromatic rings. The van der Waals surface area contributed by atoms with Crippen molar-refractivity contribution in [3.05, 3.63) is 78.6 Å². The van der Waals surface area contributed by atoms with Gasteiger partial charge in [0.25, 0.3) is 0 Å². The lowest BCUT2D eigenvalue weighted by Crippen LogP contribution is -2.28. The molecule has 1 heterocycles. The number of nitrogens with one attached hydrogen (secondary N) is 2. The maximum absolute atomic E-state index is 12.9. The van der Waals surface area contributed by atoms with Crippen molar-refractivity contribution in [1.82, 2.24) is 14.9 Å².